The maximum Gasteiger partial charge on any atom is 0.140 e. The predicted molar refractivity (Wildman–Crippen MR) is 78.4 cm³/mol. The first-order chi connectivity index (χ1) is 8.31. The molecule has 0 fully saturated rings. The highest BCUT2D eigenvalue weighted by Gasteiger charge is 2.05. The Kier molecular flexibility index (Phi) is 4.39. The van der Waals surface area contributed by atoms with E-state index >= 15 is 0 Å². The zero-order chi connectivity index (χ0) is 12.1. The Morgan fingerprint density at radius 2 is 1.65 bits per heavy atom. The van der Waals surface area contributed by atoms with Crippen molar-refractivity contribution < 1.29 is 4.74 Å². The monoisotopic (exact) mass is 339 g/mol. The number of hydrogen-bond donors (Lipinski definition) is 1. The number of ether oxygens (including phenoxy) is 1. The van der Waals surface area contributed by atoms with E-state index in [-0.39, 0.29) is 0 Å². The fourth-order valence-electron chi connectivity index (χ4n) is 1.59. The molecule has 0 radical (unpaired) electrons. The number of benzene rings is 2. The number of rotatable bonds is 4. The van der Waals surface area contributed by atoms with E-state index in [1.165, 1.54) is 0 Å². The SMILES string of the molecule is CNCc1ccccc1Oc1ccccc1I. The molecule has 0 bridgehead atoms. The van der Waals surface area contributed by atoms with Crippen molar-refractivity contribution in [2.24, 2.45) is 0 Å². The van der Waals surface area contributed by atoms with E-state index in [0.717, 1.165) is 27.2 Å². The van der Waals surface area contributed by atoms with Gasteiger partial charge in [-0.15, -0.1) is 0 Å². The summed E-state index contributed by atoms with van der Waals surface area (Å²) in [6.45, 7) is 0.805. The van der Waals surface area contributed by atoms with Crippen molar-refractivity contribution in [3.63, 3.8) is 0 Å². The van der Waals surface area contributed by atoms with Crippen LogP contribution in [0.1, 0.15) is 5.56 Å². The van der Waals surface area contributed by atoms with Crippen molar-refractivity contribution in [3.05, 3.63) is 57.7 Å². The summed E-state index contributed by atoms with van der Waals surface area (Å²) in [5, 5.41) is 3.14. The second-order valence-electron chi connectivity index (χ2n) is 3.67. The standard InChI is InChI=1S/C14H14INO/c1-16-10-11-6-2-4-8-13(11)17-14-9-5-3-7-12(14)15/h2-9,16H,10H2,1H3. The molecule has 0 amide bonds. The molecule has 3 heteroatoms. The number of hydrogen-bond acceptors (Lipinski definition) is 2. The Labute approximate surface area is 115 Å². The van der Waals surface area contributed by atoms with Gasteiger partial charge in [0.05, 0.1) is 3.57 Å². The Morgan fingerprint density at radius 1 is 1.00 bits per heavy atom. The van der Waals surface area contributed by atoms with E-state index in [0.29, 0.717) is 0 Å². The van der Waals surface area contributed by atoms with Gasteiger partial charge >= 0.3 is 0 Å². The molecule has 0 saturated carbocycles. The first-order valence-corrected chi connectivity index (χ1v) is 6.54. The molecule has 0 unspecified atom stereocenters. The second kappa shape index (κ2) is 6.02. The number of para-hydroxylation sites is 2. The van der Waals surface area contributed by atoms with Crippen molar-refractivity contribution in [1.82, 2.24) is 5.32 Å². The Bertz CT molecular complexity index is 499. The van der Waals surface area contributed by atoms with Crippen LogP contribution in [0.4, 0.5) is 0 Å². The van der Waals surface area contributed by atoms with Crippen LogP contribution in [-0.4, -0.2) is 7.05 Å². The van der Waals surface area contributed by atoms with E-state index in [4.69, 9.17) is 4.74 Å². The van der Waals surface area contributed by atoms with E-state index < -0.39 is 0 Å². The largest absolute Gasteiger partial charge is 0.456 e. The molecule has 2 nitrogen and oxygen atoms in total. The van der Waals surface area contributed by atoms with Crippen LogP contribution in [0.15, 0.2) is 48.5 Å². The summed E-state index contributed by atoms with van der Waals surface area (Å²) >= 11 is 2.28. The summed E-state index contributed by atoms with van der Waals surface area (Å²) in [4.78, 5) is 0. The maximum absolute atomic E-state index is 5.95. The van der Waals surface area contributed by atoms with Gasteiger partial charge < -0.3 is 10.1 Å². The molecule has 0 spiro atoms. The van der Waals surface area contributed by atoms with Gasteiger partial charge in [-0.05, 0) is 47.8 Å². The number of halogens is 1. The molecule has 2 aromatic rings. The van der Waals surface area contributed by atoms with Gasteiger partial charge in [0, 0.05) is 12.1 Å². The fraction of sp³-hybridized carbons (Fsp3) is 0.143. The first-order valence-electron chi connectivity index (χ1n) is 5.46. The summed E-state index contributed by atoms with van der Waals surface area (Å²) in [6, 6.07) is 16.1. The average Bonchev–Trinajstić information content (AvgIpc) is 2.35. The molecule has 0 aliphatic rings. The van der Waals surface area contributed by atoms with Crippen LogP contribution in [0, 0.1) is 3.57 Å². The van der Waals surface area contributed by atoms with E-state index in [9.17, 15) is 0 Å². The molecule has 1 N–H and O–H groups in total. The fourth-order valence-corrected chi connectivity index (χ4v) is 2.08. The zero-order valence-corrected chi connectivity index (χ0v) is 11.8. The smallest absolute Gasteiger partial charge is 0.140 e. The van der Waals surface area contributed by atoms with Gasteiger partial charge in [0.25, 0.3) is 0 Å². The van der Waals surface area contributed by atoms with Gasteiger partial charge in [0.2, 0.25) is 0 Å². The van der Waals surface area contributed by atoms with Crippen molar-refractivity contribution in [3.8, 4) is 11.5 Å². The normalized spacial score (nSPS) is 10.2. The van der Waals surface area contributed by atoms with Gasteiger partial charge in [0.1, 0.15) is 11.5 Å². The lowest BCUT2D eigenvalue weighted by Gasteiger charge is -2.11. The third-order valence-corrected chi connectivity index (χ3v) is 3.29. The Balaban J connectivity index is 2.27. The molecule has 88 valence electrons. The minimum Gasteiger partial charge on any atom is -0.456 e. The van der Waals surface area contributed by atoms with Crippen LogP contribution < -0.4 is 10.1 Å². The maximum atomic E-state index is 5.95. The van der Waals surface area contributed by atoms with Gasteiger partial charge in [0.15, 0.2) is 0 Å². The molecule has 0 atom stereocenters. The van der Waals surface area contributed by atoms with Crippen molar-refractivity contribution in [1.29, 1.82) is 0 Å². The lowest BCUT2D eigenvalue weighted by molar-refractivity contribution is 0.471. The molecule has 2 rings (SSSR count). The molecule has 0 aliphatic carbocycles. The average molecular weight is 339 g/mol. The Morgan fingerprint density at radius 3 is 2.35 bits per heavy atom. The van der Waals surface area contributed by atoms with Crippen molar-refractivity contribution >= 4 is 22.6 Å². The van der Waals surface area contributed by atoms with E-state index in [2.05, 4.69) is 34.0 Å². The van der Waals surface area contributed by atoms with Gasteiger partial charge in [-0.3, -0.25) is 0 Å². The van der Waals surface area contributed by atoms with Crippen LogP contribution in [0.25, 0.3) is 0 Å². The molecule has 2 aromatic carbocycles. The molecule has 0 heterocycles. The summed E-state index contributed by atoms with van der Waals surface area (Å²) in [6.07, 6.45) is 0. The highest BCUT2D eigenvalue weighted by molar-refractivity contribution is 14.1. The molecular formula is C14H14INO. The zero-order valence-electron chi connectivity index (χ0n) is 9.61. The summed E-state index contributed by atoms with van der Waals surface area (Å²) < 4.78 is 7.06. The summed E-state index contributed by atoms with van der Waals surface area (Å²) in [7, 11) is 1.93. The minimum absolute atomic E-state index is 0.805. The quantitative estimate of drug-likeness (QED) is 0.856. The highest BCUT2D eigenvalue weighted by atomic mass is 127. The van der Waals surface area contributed by atoms with E-state index in [1.807, 2.05) is 49.5 Å². The molecule has 0 aromatic heterocycles. The predicted octanol–water partition coefficient (Wildman–Crippen LogP) is 3.80. The van der Waals surface area contributed by atoms with Crippen LogP contribution in [0.3, 0.4) is 0 Å². The molecule has 17 heavy (non-hydrogen) atoms. The third kappa shape index (κ3) is 3.20. The van der Waals surface area contributed by atoms with E-state index in [1.54, 1.807) is 0 Å². The first kappa shape index (κ1) is 12.4. The van der Waals surface area contributed by atoms with Crippen LogP contribution in [0.5, 0.6) is 11.5 Å². The highest BCUT2D eigenvalue weighted by Crippen LogP contribution is 2.28. The number of nitrogens with one attached hydrogen (secondary N) is 1. The van der Waals surface area contributed by atoms with Crippen LogP contribution in [0.2, 0.25) is 0 Å². The Hall–Kier alpha value is -1.07. The third-order valence-electron chi connectivity index (χ3n) is 2.40. The topological polar surface area (TPSA) is 21.3 Å². The summed E-state index contributed by atoms with van der Waals surface area (Å²) in [5.41, 5.74) is 1.16. The lowest BCUT2D eigenvalue weighted by atomic mass is 10.2. The molecule has 0 saturated heterocycles. The minimum atomic E-state index is 0.805. The van der Waals surface area contributed by atoms with Crippen LogP contribution >= 0.6 is 22.6 Å². The molecule has 0 aliphatic heterocycles. The van der Waals surface area contributed by atoms with Crippen LogP contribution in [-0.2, 0) is 6.54 Å². The van der Waals surface area contributed by atoms with Crippen molar-refractivity contribution in [2.45, 2.75) is 6.54 Å². The van der Waals surface area contributed by atoms with Gasteiger partial charge in [-0.25, -0.2) is 0 Å². The van der Waals surface area contributed by atoms with Gasteiger partial charge in [-0.2, -0.15) is 0 Å². The second-order valence-corrected chi connectivity index (χ2v) is 4.83. The van der Waals surface area contributed by atoms with Crippen molar-refractivity contribution in [2.75, 3.05) is 7.05 Å². The van der Waals surface area contributed by atoms with Gasteiger partial charge in [-0.1, -0.05) is 30.3 Å². The molecular weight excluding hydrogens is 325 g/mol. The summed E-state index contributed by atoms with van der Waals surface area (Å²) in [5.74, 6) is 1.81. The lowest BCUT2D eigenvalue weighted by Crippen LogP contribution is -2.06.